The lowest BCUT2D eigenvalue weighted by Crippen LogP contribution is -2.42. The first kappa shape index (κ1) is 21.0. The van der Waals surface area contributed by atoms with Gasteiger partial charge in [0.2, 0.25) is 0 Å². The van der Waals surface area contributed by atoms with Gasteiger partial charge in [0, 0.05) is 6.07 Å². The molecule has 1 heterocycles. The average molecular weight is 442 g/mol. The fourth-order valence-electron chi connectivity index (χ4n) is 4.18. The van der Waals surface area contributed by atoms with E-state index in [-0.39, 0.29) is 0 Å². The summed E-state index contributed by atoms with van der Waals surface area (Å²) in [5.41, 5.74) is 1.90. The quantitative estimate of drug-likeness (QED) is 0.418. The van der Waals surface area contributed by atoms with Crippen LogP contribution in [0, 0.1) is 5.82 Å². The number of hydrogen-bond acceptors (Lipinski definition) is 4. The fourth-order valence-corrected chi connectivity index (χ4v) is 4.61. The van der Waals surface area contributed by atoms with E-state index in [9.17, 15) is 14.3 Å². The molecule has 0 saturated heterocycles. The first-order chi connectivity index (χ1) is 15.0. The number of methoxy groups -OCH3 is 2. The van der Waals surface area contributed by atoms with Crippen molar-refractivity contribution in [1.82, 2.24) is 0 Å². The predicted molar refractivity (Wildman–Crippen MR) is 117 cm³/mol. The molecule has 0 spiro atoms. The Labute approximate surface area is 184 Å². The molecule has 0 radical (unpaired) electrons. The highest BCUT2D eigenvalue weighted by atomic mass is 35.5. The Bertz CT molecular complexity index is 1100. The van der Waals surface area contributed by atoms with Crippen LogP contribution in [-0.4, -0.2) is 25.3 Å². The molecule has 31 heavy (non-hydrogen) atoms. The van der Waals surface area contributed by atoms with Gasteiger partial charge in [0.25, 0.3) is 0 Å². The van der Waals surface area contributed by atoms with Gasteiger partial charge in [-0.1, -0.05) is 48.0 Å². The topological polar surface area (TPSA) is 59.0 Å². The van der Waals surface area contributed by atoms with Crippen LogP contribution in [0.4, 0.5) is 10.1 Å². The van der Waals surface area contributed by atoms with E-state index in [4.69, 9.17) is 21.1 Å². The number of fused-ring (bicyclic) bond motifs is 1. The first-order valence-electron chi connectivity index (χ1n) is 9.67. The third-order valence-electron chi connectivity index (χ3n) is 5.59. The molecule has 160 valence electrons. The molecule has 1 N–H and O–H groups in total. The van der Waals surface area contributed by atoms with E-state index in [0.717, 1.165) is 0 Å². The number of aliphatic carboxylic acids is 1. The molecule has 3 aromatic carbocycles. The summed E-state index contributed by atoms with van der Waals surface area (Å²) in [4.78, 5) is 14.3. The number of carboxylic acid groups (broad SMARTS) is 1. The third-order valence-corrected chi connectivity index (χ3v) is 6.04. The van der Waals surface area contributed by atoms with E-state index in [1.807, 2.05) is 17.0 Å². The molecular formula is C24H21ClFNO4. The smallest absolute Gasteiger partial charge is 0.313 e. The fraction of sp³-hybridized carbons (Fsp3) is 0.208. The van der Waals surface area contributed by atoms with Crippen LogP contribution in [-0.2, 0) is 4.79 Å². The van der Waals surface area contributed by atoms with Crippen molar-refractivity contribution in [2.24, 2.45) is 0 Å². The summed E-state index contributed by atoms with van der Waals surface area (Å²) in [6.45, 7) is 0. The number of alkyl halides is 1. The average Bonchev–Trinajstić information content (AvgIpc) is 2.79. The van der Waals surface area contributed by atoms with E-state index in [2.05, 4.69) is 0 Å². The summed E-state index contributed by atoms with van der Waals surface area (Å²) in [6.07, 6.45) is 0. The van der Waals surface area contributed by atoms with Crippen molar-refractivity contribution in [2.45, 2.75) is 17.5 Å². The van der Waals surface area contributed by atoms with Crippen LogP contribution in [0.3, 0.4) is 0 Å². The highest BCUT2D eigenvalue weighted by Crippen LogP contribution is 2.53. The molecular weight excluding hydrogens is 421 g/mol. The van der Waals surface area contributed by atoms with Crippen molar-refractivity contribution in [2.75, 3.05) is 19.1 Å². The third kappa shape index (κ3) is 3.68. The lowest BCUT2D eigenvalue weighted by atomic mass is 9.79. The van der Waals surface area contributed by atoms with E-state index in [1.165, 1.54) is 19.2 Å². The van der Waals surface area contributed by atoms with Crippen molar-refractivity contribution in [3.8, 4) is 11.5 Å². The molecule has 5 nitrogen and oxygen atoms in total. The molecule has 0 bridgehead atoms. The van der Waals surface area contributed by atoms with Gasteiger partial charge in [-0.05, 0) is 41.0 Å². The van der Waals surface area contributed by atoms with E-state index < -0.39 is 29.2 Å². The lowest BCUT2D eigenvalue weighted by molar-refractivity contribution is -0.139. The molecule has 0 saturated carbocycles. The molecule has 1 aliphatic rings. The molecule has 1 aliphatic heterocycles. The number of carboxylic acids is 1. The minimum absolute atomic E-state index is 0.400. The molecule has 3 atom stereocenters. The number of nitrogens with zero attached hydrogens (tertiary/aromatic N) is 1. The van der Waals surface area contributed by atoms with Crippen LogP contribution in [0.1, 0.15) is 34.2 Å². The summed E-state index contributed by atoms with van der Waals surface area (Å²) >= 11 is 6.97. The number of carbonyl (C=O) groups is 1. The monoisotopic (exact) mass is 441 g/mol. The van der Waals surface area contributed by atoms with Crippen molar-refractivity contribution in [3.63, 3.8) is 0 Å². The van der Waals surface area contributed by atoms with Crippen LogP contribution < -0.4 is 14.4 Å². The molecule has 0 aromatic heterocycles. The number of halogens is 2. The highest BCUT2D eigenvalue weighted by molar-refractivity contribution is 6.22. The van der Waals surface area contributed by atoms with Crippen LogP contribution in [0.25, 0.3) is 0 Å². The largest absolute Gasteiger partial charge is 0.497 e. The van der Waals surface area contributed by atoms with Gasteiger partial charge in [0.15, 0.2) is 0 Å². The summed E-state index contributed by atoms with van der Waals surface area (Å²) in [7, 11) is 3.08. The number of benzene rings is 3. The number of ether oxygens (including phenoxy) is 2. The van der Waals surface area contributed by atoms with Gasteiger partial charge in [-0.3, -0.25) is 4.79 Å². The van der Waals surface area contributed by atoms with Gasteiger partial charge in [-0.15, -0.1) is 0 Å². The van der Waals surface area contributed by atoms with Crippen LogP contribution >= 0.6 is 11.6 Å². The Morgan fingerprint density at radius 3 is 2.29 bits per heavy atom. The summed E-state index contributed by atoms with van der Waals surface area (Å²) in [5, 5.41) is 10.2. The number of rotatable bonds is 5. The summed E-state index contributed by atoms with van der Waals surface area (Å²) in [6, 6.07) is 17.6. The maximum Gasteiger partial charge on any atom is 0.313 e. The Morgan fingerprint density at radius 2 is 1.68 bits per heavy atom. The minimum atomic E-state index is -0.997. The van der Waals surface area contributed by atoms with Crippen molar-refractivity contribution < 1.29 is 23.8 Å². The van der Waals surface area contributed by atoms with Gasteiger partial charge in [-0.2, -0.15) is 0 Å². The van der Waals surface area contributed by atoms with Crippen molar-refractivity contribution >= 4 is 23.3 Å². The van der Waals surface area contributed by atoms with Crippen LogP contribution in [0.15, 0.2) is 66.7 Å². The second-order valence-electron chi connectivity index (χ2n) is 7.22. The van der Waals surface area contributed by atoms with Crippen LogP contribution in [0.5, 0.6) is 11.5 Å². The van der Waals surface area contributed by atoms with Gasteiger partial charge in [-0.25, -0.2) is 4.39 Å². The molecule has 0 unspecified atom stereocenters. The predicted octanol–water partition coefficient (Wildman–Crippen LogP) is 5.51. The normalized spacial score (nSPS) is 20.1. The molecule has 4 rings (SSSR count). The Balaban J connectivity index is 1.98. The van der Waals surface area contributed by atoms with Crippen LogP contribution in [0.2, 0.25) is 0 Å². The molecule has 0 amide bonds. The molecule has 0 fully saturated rings. The van der Waals surface area contributed by atoms with E-state index >= 15 is 0 Å². The van der Waals surface area contributed by atoms with E-state index in [1.54, 1.807) is 49.6 Å². The summed E-state index contributed by atoms with van der Waals surface area (Å²) in [5.74, 6) is -1.24. The second-order valence-corrected chi connectivity index (χ2v) is 7.64. The zero-order valence-electron chi connectivity index (χ0n) is 17.0. The molecule has 3 aromatic rings. The second kappa shape index (κ2) is 8.47. The minimum Gasteiger partial charge on any atom is -0.497 e. The van der Waals surface area contributed by atoms with Crippen molar-refractivity contribution in [3.05, 3.63) is 89.2 Å². The molecule has 0 aliphatic carbocycles. The van der Waals surface area contributed by atoms with Gasteiger partial charge in [0.05, 0.1) is 25.9 Å². The van der Waals surface area contributed by atoms with Gasteiger partial charge in [0.1, 0.15) is 28.7 Å². The Hall–Kier alpha value is -3.25. The zero-order chi connectivity index (χ0) is 22.1. The van der Waals surface area contributed by atoms with Gasteiger partial charge >= 0.3 is 5.97 Å². The first-order valence-corrected chi connectivity index (χ1v) is 10.1. The zero-order valence-corrected chi connectivity index (χ0v) is 17.7. The lowest BCUT2D eigenvalue weighted by Gasteiger charge is -2.45. The highest BCUT2D eigenvalue weighted by Gasteiger charge is 2.45. The Morgan fingerprint density at radius 1 is 1.00 bits per heavy atom. The maximum absolute atomic E-state index is 13.7. The van der Waals surface area contributed by atoms with Crippen molar-refractivity contribution in [1.29, 1.82) is 0 Å². The summed E-state index contributed by atoms with van der Waals surface area (Å²) < 4.78 is 24.5. The Kier molecular flexibility index (Phi) is 5.74. The SMILES string of the molecule is COc1ccc(N2[C@H](Cl)c3ccccc3[C@H](C(=O)O)[C@@H]2c2ccc(F)cc2)c(OC)c1. The standard InChI is InChI=1S/C24H21ClFNO4/c1-30-16-11-12-19(20(13-16)31-2)27-22(14-7-9-15(26)10-8-14)21(24(28)29)17-5-3-4-6-18(17)23(27)25/h3-13,21-23H,1-2H3,(H,28,29)/t21-,22-,23-/m0/s1. The number of anilines is 1. The maximum atomic E-state index is 13.7. The molecule has 7 heteroatoms. The van der Waals surface area contributed by atoms with E-state index in [0.29, 0.717) is 33.9 Å². The van der Waals surface area contributed by atoms with Gasteiger partial charge < -0.3 is 19.5 Å². The number of hydrogen-bond donors (Lipinski definition) is 1.